The Morgan fingerprint density at radius 1 is 0.919 bits per heavy atom. The predicted molar refractivity (Wildman–Crippen MR) is 142 cm³/mol. The van der Waals surface area contributed by atoms with Gasteiger partial charge in [-0.05, 0) is 55.6 Å². The Kier molecular flexibility index (Phi) is 5.82. The number of ether oxygens (including phenoxy) is 1. The molecule has 184 valence electrons. The molecule has 0 unspecified atom stereocenters. The Hall–Kier alpha value is -4.63. The highest BCUT2D eigenvalue weighted by Crippen LogP contribution is 2.36. The number of likely N-dealkylation sites (N-methyl/N-ethyl adjacent to an activating group) is 1. The maximum absolute atomic E-state index is 14.6. The summed E-state index contributed by atoms with van der Waals surface area (Å²) in [5, 5.41) is 9.49. The quantitative estimate of drug-likeness (QED) is 0.313. The average Bonchev–Trinajstić information content (AvgIpc) is 3.52. The number of rotatable bonds is 7. The van der Waals surface area contributed by atoms with E-state index in [1.54, 1.807) is 24.8 Å². The van der Waals surface area contributed by atoms with Gasteiger partial charge in [0.25, 0.3) is 0 Å². The molecule has 0 saturated carbocycles. The van der Waals surface area contributed by atoms with Crippen molar-refractivity contribution < 1.29 is 9.13 Å². The van der Waals surface area contributed by atoms with Crippen LogP contribution in [-0.4, -0.2) is 62.3 Å². The summed E-state index contributed by atoms with van der Waals surface area (Å²) in [6.45, 7) is 1.22. The van der Waals surface area contributed by atoms with Crippen molar-refractivity contribution >= 4 is 21.8 Å². The molecule has 0 spiro atoms. The average molecular weight is 494 g/mol. The maximum Gasteiger partial charge on any atom is 0.127 e. The minimum atomic E-state index is -0.340. The lowest BCUT2D eigenvalue weighted by Crippen LogP contribution is -2.19. The normalized spacial score (nSPS) is 11.6. The number of halogens is 1. The van der Waals surface area contributed by atoms with E-state index in [1.807, 2.05) is 55.4 Å². The van der Waals surface area contributed by atoms with E-state index in [0.29, 0.717) is 23.7 Å². The van der Waals surface area contributed by atoms with Gasteiger partial charge in [0, 0.05) is 41.3 Å². The Labute approximate surface area is 212 Å². The number of H-pyrrole nitrogens is 2. The van der Waals surface area contributed by atoms with Crippen LogP contribution in [0.25, 0.3) is 55.7 Å². The summed E-state index contributed by atoms with van der Waals surface area (Å²) in [7, 11) is 3.94. The first-order valence-electron chi connectivity index (χ1n) is 11.9. The molecule has 2 N–H and O–H groups in total. The Morgan fingerprint density at radius 2 is 1.84 bits per heavy atom. The van der Waals surface area contributed by atoms with E-state index in [4.69, 9.17) is 4.74 Å². The van der Waals surface area contributed by atoms with Crippen LogP contribution in [0.15, 0.2) is 73.3 Å². The number of fused-ring (bicyclic) bond motifs is 2. The van der Waals surface area contributed by atoms with Gasteiger partial charge in [-0.3, -0.25) is 20.1 Å². The third-order valence-corrected chi connectivity index (χ3v) is 6.18. The highest BCUT2D eigenvalue weighted by molar-refractivity contribution is 6.01. The summed E-state index contributed by atoms with van der Waals surface area (Å²) in [6, 6.07) is 14.8. The fourth-order valence-corrected chi connectivity index (χ4v) is 4.38. The van der Waals surface area contributed by atoms with E-state index in [2.05, 4.69) is 30.1 Å². The Morgan fingerprint density at radius 3 is 2.68 bits per heavy atom. The van der Waals surface area contributed by atoms with Gasteiger partial charge >= 0.3 is 0 Å². The second kappa shape index (κ2) is 9.44. The number of aromatic nitrogens is 6. The smallest absolute Gasteiger partial charge is 0.127 e. The van der Waals surface area contributed by atoms with Gasteiger partial charge < -0.3 is 14.6 Å². The highest BCUT2D eigenvalue weighted by Gasteiger charge is 2.16. The summed E-state index contributed by atoms with van der Waals surface area (Å²) in [5.74, 6) is 0.166. The topological polar surface area (TPSA) is 95.6 Å². The van der Waals surface area contributed by atoms with Gasteiger partial charge in [0.05, 0.1) is 29.3 Å². The fraction of sp³-hybridized carbons (Fsp3) is 0.143. The molecule has 0 atom stereocenters. The van der Waals surface area contributed by atoms with Crippen LogP contribution in [0, 0.1) is 5.82 Å². The first-order chi connectivity index (χ1) is 18.0. The van der Waals surface area contributed by atoms with Crippen molar-refractivity contribution in [2.75, 3.05) is 27.2 Å². The van der Waals surface area contributed by atoms with Crippen LogP contribution in [0.3, 0.4) is 0 Å². The van der Waals surface area contributed by atoms with Crippen LogP contribution in [0.2, 0.25) is 0 Å². The molecule has 8 nitrogen and oxygen atoms in total. The lowest BCUT2D eigenvalue weighted by Gasteiger charge is -2.12. The minimum Gasteiger partial charge on any atom is -0.492 e. The minimum absolute atomic E-state index is 0.340. The largest absolute Gasteiger partial charge is 0.492 e. The van der Waals surface area contributed by atoms with Crippen molar-refractivity contribution in [2.45, 2.75) is 0 Å². The van der Waals surface area contributed by atoms with Crippen LogP contribution in [0.5, 0.6) is 5.75 Å². The summed E-state index contributed by atoms with van der Waals surface area (Å²) in [6.07, 6.45) is 6.70. The summed E-state index contributed by atoms with van der Waals surface area (Å²) < 4.78 is 20.4. The van der Waals surface area contributed by atoms with E-state index >= 15 is 0 Å². The van der Waals surface area contributed by atoms with Crippen molar-refractivity contribution in [3.05, 3.63) is 79.1 Å². The van der Waals surface area contributed by atoms with Crippen molar-refractivity contribution in [1.82, 2.24) is 35.0 Å². The van der Waals surface area contributed by atoms with Gasteiger partial charge in [0.1, 0.15) is 29.6 Å². The van der Waals surface area contributed by atoms with Gasteiger partial charge in [-0.25, -0.2) is 4.39 Å². The second-order valence-electron chi connectivity index (χ2n) is 9.06. The number of pyridine rings is 1. The van der Waals surface area contributed by atoms with Crippen molar-refractivity contribution in [1.29, 1.82) is 0 Å². The molecular weight excluding hydrogens is 469 g/mol. The van der Waals surface area contributed by atoms with E-state index in [9.17, 15) is 4.39 Å². The van der Waals surface area contributed by atoms with Crippen LogP contribution < -0.4 is 4.74 Å². The number of aromatic amines is 2. The maximum atomic E-state index is 14.6. The summed E-state index contributed by atoms with van der Waals surface area (Å²) in [4.78, 5) is 18.5. The molecule has 37 heavy (non-hydrogen) atoms. The number of nitrogens with zero attached hydrogens (tertiary/aromatic N) is 5. The molecule has 0 radical (unpaired) electrons. The molecule has 2 aromatic carbocycles. The number of nitrogens with one attached hydrogen (secondary N) is 2. The molecule has 4 aromatic heterocycles. The molecule has 9 heteroatoms. The van der Waals surface area contributed by atoms with Crippen molar-refractivity contribution in [3.63, 3.8) is 0 Å². The van der Waals surface area contributed by atoms with E-state index in [0.717, 1.165) is 50.9 Å². The van der Waals surface area contributed by atoms with Gasteiger partial charge in [0.2, 0.25) is 0 Å². The highest BCUT2D eigenvalue weighted by atomic mass is 19.1. The molecule has 0 bridgehead atoms. The molecule has 6 rings (SSSR count). The van der Waals surface area contributed by atoms with Crippen molar-refractivity contribution in [2.24, 2.45) is 0 Å². The van der Waals surface area contributed by atoms with E-state index in [-0.39, 0.29) is 5.82 Å². The molecule has 0 aliphatic carbocycles. The first kappa shape index (κ1) is 22.8. The second-order valence-corrected chi connectivity index (χ2v) is 9.06. The molecule has 4 heterocycles. The van der Waals surface area contributed by atoms with Crippen LogP contribution in [0.1, 0.15) is 0 Å². The van der Waals surface area contributed by atoms with Crippen LogP contribution >= 0.6 is 0 Å². The zero-order chi connectivity index (χ0) is 25.4. The predicted octanol–water partition coefficient (Wildman–Crippen LogP) is 5.31. The molecule has 0 amide bonds. The first-order valence-corrected chi connectivity index (χ1v) is 11.9. The molecule has 0 aliphatic heterocycles. The van der Waals surface area contributed by atoms with Gasteiger partial charge in [-0.1, -0.05) is 12.1 Å². The molecule has 6 aromatic rings. The SMILES string of the molecule is CN(C)CCOc1cc(F)cc(-c2cccc3[nH]c(-c4n[nH]c5cnc(-c6cnccn6)cc45)cc23)c1. The van der Waals surface area contributed by atoms with E-state index < -0.39 is 0 Å². The van der Waals surface area contributed by atoms with Crippen molar-refractivity contribution in [3.8, 4) is 39.7 Å². The Bertz CT molecular complexity index is 1710. The number of hydrogen-bond acceptors (Lipinski definition) is 6. The lowest BCUT2D eigenvalue weighted by molar-refractivity contribution is 0.260. The third kappa shape index (κ3) is 4.52. The Balaban J connectivity index is 1.41. The number of benzene rings is 2. The van der Waals surface area contributed by atoms with Crippen LogP contribution in [-0.2, 0) is 0 Å². The summed E-state index contributed by atoms with van der Waals surface area (Å²) in [5.41, 5.74) is 6.38. The zero-order valence-electron chi connectivity index (χ0n) is 20.4. The molecule has 0 fully saturated rings. The number of hydrogen-bond donors (Lipinski definition) is 2. The summed E-state index contributed by atoms with van der Waals surface area (Å²) >= 11 is 0. The third-order valence-electron chi connectivity index (χ3n) is 6.18. The lowest BCUT2D eigenvalue weighted by atomic mass is 10.0. The molecule has 0 aliphatic rings. The van der Waals surface area contributed by atoms with Gasteiger partial charge in [-0.15, -0.1) is 0 Å². The molecule has 0 saturated heterocycles. The molecular formula is C28H24FN7O. The fourth-order valence-electron chi connectivity index (χ4n) is 4.38. The van der Waals surface area contributed by atoms with Gasteiger partial charge in [0.15, 0.2) is 0 Å². The van der Waals surface area contributed by atoms with Crippen LogP contribution in [0.4, 0.5) is 4.39 Å². The van der Waals surface area contributed by atoms with Gasteiger partial charge in [-0.2, -0.15) is 5.10 Å². The van der Waals surface area contributed by atoms with E-state index in [1.165, 1.54) is 12.1 Å². The standard InChI is InChI=1S/C28H24FN7O/c1-36(2)8-9-37-19-11-17(10-18(29)12-19)20-4-3-5-23-21(20)13-25(33-23)28-22-14-24(27-15-30-6-7-31-27)32-16-26(22)34-35-28/h3-7,10-16,33H,8-9H2,1-2H3,(H,34,35). The monoisotopic (exact) mass is 493 g/mol. The zero-order valence-corrected chi connectivity index (χ0v) is 20.4.